The highest BCUT2D eigenvalue weighted by Gasteiger charge is 2.23. The summed E-state index contributed by atoms with van der Waals surface area (Å²) in [5.41, 5.74) is 7.07. The van der Waals surface area contributed by atoms with Crippen LogP contribution in [-0.2, 0) is 4.79 Å². The Morgan fingerprint density at radius 2 is 2.24 bits per heavy atom. The van der Waals surface area contributed by atoms with E-state index in [0.717, 1.165) is 4.70 Å². The molecule has 0 spiro atoms. The predicted molar refractivity (Wildman–Crippen MR) is 84.2 cm³/mol. The third kappa shape index (κ3) is 2.97. The Labute approximate surface area is 127 Å². The van der Waals surface area contributed by atoms with Gasteiger partial charge in [-0.1, -0.05) is 6.92 Å². The molecule has 2 aromatic heterocycles. The monoisotopic (exact) mass is 306 g/mol. The summed E-state index contributed by atoms with van der Waals surface area (Å²) in [6.45, 7) is 2.11. The van der Waals surface area contributed by atoms with E-state index in [1.165, 1.54) is 16.2 Å². The molecule has 2 heterocycles. The largest absolute Gasteiger partial charge is 0.396 e. The van der Waals surface area contributed by atoms with Gasteiger partial charge >= 0.3 is 0 Å². The Hall–Kier alpha value is -2.15. The third-order valence-electron chi connectivity index (χ3n) is 3.27. The van der Waals surface area contributed by atoms with Gasteiger partial charge in [-0.3, -0.25) is 14.6 Å². The van der Waals surface area contributed by atoms with Crippen molar-refractivity contribution >= 4 is 39.1 Å². The van der Waals surface area contributed by atoms with Crippen LogP contribution < -0.4 is 11.1 Å². The van der Waals surface area contributed by atoms with E-state index >= 15 is 0 Å². The number of nitrogens with two attached hydrogens (primary N) is 1. The van der Waals surface area contributed by atoms with E-state index in [1.54, 1.807) is 27.2 Å². The number of nitrogen functional groups attached to an aromatic ring is 1. The lowest BCUT2D eigenvalue weighted by molar-refractivity contribution is -0.124. The number of pyridine rings is 1. The average Bonchev–Trinajstić information content (AvgIpc) is 2.83. The van der Waals surface area contributed by atoms with E-state index in [4.69, 9.17) is 5.73 Å². The molecular formula is C14H18N4O2S. The van der Waals surface area contributed by atoms with Crippen molar-refractivity contribution < 1.29 is 9.59 Å². The molecule has 3 N–H and O–H groups in total. The maximum absolute atomic E-state index is 12.5. The van der Waals surface area contributed by atoms with E-state index in [1.807, 2.05) is 12.1 Å². The van der Waals surface area contributed by atoms with E-state index < -0.39 is 0 Å². The number of amides is 2. The zero-order valence-electron chi connectivity index (χ0n) is 12.2. The van der Waals surface area contributed by atoms with Gasteiger partial charge in [0.2, 0.25) is 5.91 Å². The number of rotatable bonds is 4. The van der Waals surface area contributed by atoms with Gasteiger partial charge < -0.3 is 16.0 Å². The van der Waals surface area contributed by atoms with Crippen molar-refractivity contribution in [2.75, 3.05) is 26.4 Å². The average molecular weight is 306 g/mol. The molecule has 0 aliphatic carbocycles. The van der Waals surface area contributed by atoms with Crippen LogP contribution in [0.5, 0.6) is 0 Å². The maximum Gasteiger partial charge on any atom is 0.265 e. The summed E-state index contributed by atoms with van der Waals surface area (Å²) in [5.74, 6) is -0.565. The maximum atomic E-state index is 12.5. The van der Waals surface area contributed by atoms with Crippen LogP contribution in [0.25, 0.3) is 10.2 Å². The van der Waals surface area contributed by atoms with Gasteiger partial charge in [-0.25, -0.2) is 0 Å². The number of aromatic nitrogens is 1. The summed E-state index contributed by atoms with van der Waals surface area (Å²) in [6.07, 6.45) is 1.65. The molecule has 0 bridgehead atoms. The lowest BCUT2D eigenvalue weighted by Crippen LogP contribution is -2.37. The zero-order chi connectivity index (χ0) is 15.6. The van der Waals surface area contributed by atoms with Crippen molar-refractivity contribution in [2.45, 2.75) is 6.92 Å². The Kier molecular flexibility index (Phi) is 4.42. The molecule has 7 heteroatoms. The van der Waals surface area contributed by atoms with E-state index in [9.17, 15) is 9.59 Å². The fraction of sp³-hybridized carbons (Fsp3) is 0.357. The molecule has 0 saturated carbocycles. The normalized spacial score (nSPS) is 12.1. The van der Waals surface area contributed by atoms with Crippen LogP contribution in [0, 0.1) is 5.92 Å². The van der Waals surface area contributed by atoms with Crippen LogP contribution in [-0.4, -0.2) is 42.3 Å². The molecule has 0 aromatic carbocycles. The second kappa shape index (κ2) is 6.09. The first-order chi connectivity index (χ1) is 9.95. The first-order valence-electron chi connectivity index (χ1n) is 6.55. The molecule has 1 unspecified atom stereocenters. The number of carbonyl (C=O) groups is 2. The minimum absolute atomic E-state index is 0.0966. The van der Waals surface area contributed by atoms with Crippen LogP contribution in [0.3, 0.4) is 0 Å². The molecule has 0 fully saturated rings. The summed E-state index contributed by atoms with van der Waals surface area (Å²) in [6, 6.07) is 3.69. The fourth-order valence-electron chi connectivity index (χ4n) is 2.10. The van der Waals surface area contributed by atoms with Crippen LogP contribution >= 0.6 is 11.3 Å². The molecule has 2 aromatic rings. The van der Waals surface area contributed by atoms with Gasteiger partial charge in [-0.2, -0.15) is 0 Å². The highest BCUT2D eigenvalue weighted by Crippen LogP contribution is 2.32. The van der Waals surface area contributed by atoms with Gasteiger partial charge in [0.1, 0.15) is 10.4 Å². The van der Waals surface area contributed by atoms with Gasteiger partial charge in [0.25, 0.3) is 5.91 Å². The van der Waals surface area contributed by atoms with Gasteiger partial charge in [-0.05, 0) is 12.1 Å². The molecule has 1 atom stereocenters. The summed E-state index contributed by atoms with van der Waals surface area (Å²) in [5, 5.41) is 2.57. The molecule has 0 aliphatic heterocycles. The summed E-state index contributed by atoms with van der Waals surface area (Å²) in [4.78, 5) is 30.2. The predicted octanol–water partition coefficient (Wildman–Crippen LogP) is 1.33. The van der Waals surface area contributed by atoms with Crippen LogP contribution in [0.2, 0.25) is 0 Å². The molecule has 0 saturated heterocycles. The quantitative estimate of drug-likeness (QED) is 0.892. The number of carbonyl (C=O) groups excluding carboxylic acids is 2. The van der Waals surface area contributed by atoms with E-state index in [0.29, 0.717) is 22.6 Å². The minimum Gasteiger partial charge on any atom is -0.396 e. The Bertz CT molecular complexity index is 683. The highest BCUT2D eigenvalue weighted by atomic mass is 32.1. The second-order valence-corrected chi connectivity index (χ2v) is 5.95. The lowest BCUT2D eigenvalue weighted by atomic mass is 10.1. The van der Waals surface area contributed by atoms with Crippen molar-refractivity contribution in [3.8, 4) is 0 Å². The van der Waals surface area contributed by atoms with Gasteiger partial charge in [0.15, 0.2) is 0 Å². The van der Waals surface area contributed by atoms with E-state index in [2.05, 4.69) is 10.3 Å². The van der Waals surface area contributed by atoms with Gasteiger partial charge in [0, 0.05) is 26.8 Å². The fourth-order valence-corrected chi connectivity index (χ4v) is 3.18. The number of nitrogens with zero attached hydrogens (tertiary/aromatic N) is 2. The summed E-state index contributed by atoms with van der Waals surface area (Å²) in [7, 11) is 3.25. The first-order valence-corrected chi connectivity index (χ1v) is 7.37. The third-order valence-corrected chi connectivity index (χ3v) is 4.41. The smallest absolute Gasteiger partial charge is 0.265 e. The van der Waals surface area contributed by atoms with Crippen molar-refractivity contribution in [2.24, 2.45) is 5.92 Å². The molecule has 2 rings (SSSR count). The first kappa shape index (κ1) is 15.2. The molecule has 0 radical (unpaired) electrons. The minimum atomic E-state index is -0.280. The number of fused-ring (bicyclic) bond motifs is 1. The standard InChI is InChI=1S/C14H18N4O2S/c1-8(13(19)16-2)7-18(3)14(20)12-10(15)11-9(21-12)5-4-6-17-11/h4-6,8H,7,15H2,1-3H3,(H,16,19). The summed E-state index contributed by atoms with van der Waals surface area (Å²) < 4.78 is 0.881. The molecule has 2 amide bonds. The topological polar surface area (TPSA) is 88.3 Å². The number of hydrogen-bond donors (Lipinski definition) is 2. The Morgan fingerprint density at radius 1 is 1.52 bits per heavy atom. The van der Waals surface area contributed by atoms with Gasteiger partial charge in [0.05, 0.1) is 16.3 Å². The van der Waals surface area contributed by atoms with Crippen LogP contribution in [0.15, 0.2) is 18.3 Å². The number of anilines is 1. The van der Waals surface area contributed by atoms with Gasteiger partial charge in [-0.15, -0.1) is 11.3 Å². The number of hydrogen-bond acceptors (Lipinski definition) is 5. The van der Waals surface area contributed by atoms with Crippen molar-refractivity contribution in [1.82, 2.24) is 15.2 Å². The van der Waals surface area contributed by atoms with Crippen molar-refractivity contribution in [1.29, 1.82) is 0 Å². The van der Waals surface area contributed by atoms with Crippen molar-refractivity contribution in [3.63, 3.8) is 0 Å². The lowest BCUT2D eigenvalue weighted by Gasteiger charge is -2.20. The molecule has 21 heavy (non-hydrogen) atoms. The van der Waals surface area contributed by atoms with E-state index in [-0.39, 0.29) is 17.7 Å². The molecule has 0 aliphatic rings. The summed E-state index contributed by atoms with van der Waals surface area (Å²) >= 11 is 1.32. The highest BCUT2D eigenvalue weighted by molar-refractivity contribution is 7.21. The molecule has 112 valence electrons. The zero-order valence-corrected chi connectivity index (χ0v) is 13.0. The second-order valence-electron chi connectivity index (χ2n) is 4.90. The Balaban J connectivity index is 2.22. The number of nitrogens with one attached hydrogen (secondary N) is 1. The Morgan fingerprint density at radius 3 is 2.86 bits per heavy atom. The van der Waals surface area contributed by atoms with Crippen LogP contribution in [0.1, 0.15) is 16.6 Å². The SMILES string of the molecule is CNC(=O)C(C)CN(C)C(=O)c1sc2cccnc2c1N. The molecule has 6 nitrogen and oxygen atoms in total. The van der Waals surface area contributed by atoms with Crippen LogP contribution in [0.4, 0.5) is 5.69 Å². The molecular weight excluding hydrogens is 288 g/mol. The number of thiophene rings is 1. The van der Waals surface area contributed by atoms with Crippen molar-refractivity contribution in [3.05, 3.63) is 23.2 Å².